The second-order valence-electron chi connectivity index (χ2n) is 4.54. The molecule has 1 aliphatic rings. The van der Waals surface area contributed by atoms with E-state index in [1.807, 2.05) is 4.72 Å². The molecular weight excluding hydrogens is 305 g/mol. The van der Waals surface area contributed by atoms with Crippen LogP contribution in [0.25, 0.3) is 0 Å². The van der Waals surface area contributed by atoms with Gasteiger partial charge in [0.15, 0.2) is 0 Å². The van der Waals surface area contributed by atoms with Gasteiger partial charge in [-0.2, -0.15) is 4.39 Å². The average Bonchev–Trinajstić information content (AvgIpc) is 3.20. The topological polar surface area (TPSA) is 118 Å². The third kappa shape index (κ3) is 3.95. The van der Waals surface area contributed by atoms with Crippen molar-refractivity contribution in [3.8, 4) is 0 Å². The Bertz CT molecular complexity index is 687. The zero-order valence-corrected chi connectivity index (χ0v) is 11.5. The van der Waals surface area contributed by atoms with Gasteiger partial charge in [0, 0.05) is 18.2 Å². The second-order valence-corrected chi connectivity index (χ2v) is 6.30. The number of sulfonamides is 1. The van der Waals surface area contributed by atoms with Crippen molar-refractivity contribution < 1.29 is 22.5 Å². The molecule has 0 spiro atoms. The number of nitro benzene ring substituents is 1. The molecule has 8 nitrogen and oxygen atoms in total. The van der Waals surface area contributed by atoms with E-state index in [2.05, 4.69) is 5.32 Å². The third-order valence-corrected chi connectivity index (χ3v) is 4.19. The number of carbonyl (C=O) groups is 1. The largest absolute Gasteiger partial charge is 0.352 e. The minimum absolute atomic E-state index is 0.0961. The fourth-order valence-corrected chi connectivity index (χ4v) is 2.55. The van der Waals surface area contributed by atoms with Gasteiger partial charge in [-0.3, -0.25) is 14.9 Å². The molecule has 0 bridgehead atoms. The Morgan fingerprint density at radius 3 is 2.62 bits per heavy atom. The van der Waals surface area contributed by atoms with Crippen LogP contribution in [0, 0.1) is 15.9 Å². The Morgan fingerprint density at radius 2 is 2.10 bits per heavy atom. The maximum atomic E-state index is 13.4. The van der Waals surface area contributed by atoms with Gasteiger partial charge in [0.25, 0.3) is 0 Å². The van der Waals surface area contributed by atoms with Crippen molar-refractivity contribution in [3.05, 3.63) is 34.1 Å². The third-order valence-electron chi connectivity index (χ3n) is 2.79. The zero-order valence-electron chi connectivity index (χ0n) is 10.7. The van der Waals surface area contributed by atoms with Gasteiger partial charge in [0.1, 0.15) is 0 Å². The molecule has 1 aromatic carbocycles. The first-order valence-corrected chi connectivity index (χ1v) is 7.51. The Balaban J connectivity index is 2.06. The predicted molar refractivity (Wildman–Crippen MR) is 69.4 cm³/mol. The SMILES string of the molecule is O=C(CNS(=O)(=O)c1ccc([N+](=O)[O-])c(F)c1)NC1CC1. The highest BCUT2D eigenvalue weighted by atomic mass is 32.2. The molecule has 2 rings (SSSR count). The van der Waals surface area contributed by atoms with Gasteiger partial charge in [-0.05, 0) is 18.9 Å². The number of benzene rings is 1. The second kappa shape index (κ2) is 5.74. The van der Waals surface area contributed by atoms with Gasteiger partial charge in [0.2, 0.25) is 21.7 Å². The van der Waals surface area contributed by atoms with E-state index in [1.165, 1.54) is 0 Å². The van der Waals surface area contributed by atoms with Crippen molar-refractivity contribution in [2.75, 3.05) is 6.54 Å². The first-order chi connectivity index (χ1) is 9.79. The standard InChI is InChI=1S/C11H12FN3O5S/c12-9-5-8(3-4-10(9)15(17)18)21(19,20)13-6-11(16)14-7-1-2-7/h3-5,7,13H,1-2,6H2,(H,14,16). The highest BCUT2D eigenvalue weighted by molar-refractivity contribution is 7.89. The fourth-order valence-electron chi connectivity index (χ4n) is 1.55. The Labute approximate surface area is 119 Å². The highest BCUT2D eigenvalue weighted by Crippen LogP contribution is 2.21. The van der Waals surface area contributed by atoms with Crippen LogP contribution >= 0.6 is 0 Å². The fraction of sp³-hybridized carbons (Fsp3) is 0.364. The maximum absolute atomic E-state index is 13.4. The molecular formula is C11H12FN3O5S. The summed E-state index contributed by atoms with van der Waals surface area (Å²) in [6, 6.07) is 2.30. The van der Waals surface area contributed by atoms with Crippen LogP contribution in [0.15, 0.2) is 23.1 Å². The monoisotopic (exact) mass is 317 g/mol. The Morgan fingerprint density at radius 1 is 1.43 bits per heavy atom. The van der Waals surface area contributed by atoms with Crippen molar-refractivity contribution in [2.24, 2.45) is 0 Å². The van der Waals surface area contributed by atoms with E-state index in [0.29, 0.717) is 6.07 Å². The molecule has 0 aromatic heterocycles. The molecule has 1 amide bonds. The van der Waals surface area contributed by atoms with E-state index in [4.69, 9.17) is 0 Å². The number of nitro groups is 1. The minimum atomic E-state index is -4.11. The molecule has 2 N–H and O–H groups in total. The van der Waals surface area contributed by atoms with Crippen molar-refractivity contribution in [3.63, 3.8) is 0 Å². The summed E-state index contributed by atoms with van der Waals surface area (Å²) in [7, 11) is -4.11. The highest BCUT2D eigenvalue weighted by Gasteiger charge is 2.25. The van der Waals surface area contributed by atoms with E-state index in [-0.39, 0.29) is 6.04 Å². The van der Waals surface area contributed by atoms with Gasteiger partial charge in [0.05, 0.1) is 16.4 Å². The lowest BCUT2D eigenvalue weighted by Gasteiger charge is -2.07. The van der Waals surface area contributed by atoms with E-state index in [0.717, 1.165) is 25.0 Å². The Hall–Kier alpha value is -2.07. The quantitative estimate of drug-likeness (QED) is 0.577. The summed E-state index contributed by atoms with van der Waals surface area (Å²) < 4.78 is 39.1. The molecule has 21 heavy (non-hydrogen) atoms. The van der Waals surface area contributed by atoms with Crippen molar-refractivity contribution in [1.29, 1.82) is 0 Å². The van der Waals surface area contributed by atoms with Gasteiger partial charge in [-0.25, -0.2) is 13.1 Å². The lowest BCUT2D eigenvalue weighted by molar-refractivity contribution is -0.387. The minimum Gasteiger partial charge on any atom is -0.352 e. The first kappa shape index (κ1) is 15.3. The molecule has 0 atom stereocenters. The molecule has 1 fully saturated rings. The molecule has 0 heterocycles. The normalized spacial score (nSPS) is 14.7. The van der Waals surface area contributed by atoms with E-state index < -0.39 is 43.8 Å². The van der Waals surface area contributed by atoms with Crippen molar-refractivity contribution in [1.82, 2.24) is 10.0 Å². The Kier molecular flexibility index (Phi) is 4.19. The number of hydrogen-bond donors (Lipinski definition) is 2. The first-order valence-electron chi connectivity index (χ1n) is 6.02. The summed E-state index contributed by atoms with van der Waals surface area (Å²) in [5.74, 6) is -1.74. The summed E-state index contributed by atoms with van der Waals surface area (Å²) in [6.45, 7) is -0.475. The number of hydrogen-bond acceptors (Lipinski definition) is 5. The predicted octanol–water partition coefficient (Wildman–Crippen LogP) is 0.291. The number of carbonyl (C=O) groups excluding carboxylic acids is 1. The van der Waals surface area contributed by atoms with Gasteiger partial charge in [-0.1, -0.05) is 0 Å². The molecule has 0 saturated heterocycles. The van der Waals surface area contributed by atoms with E-state index >= 15 is 0 Å². The number of halogens is 1. The smallest absolute Gasteiger partial charge is 0.304 e. The number of nitrogens with one attached hydrogen (secondary N) is 2. The summed E-state index contributed by atoms with van der Waals surface area (Å²) >= 11 is 0. The zero-order chi connectivity index (χ0) is 15.6. The van der Waals surface area contributed by atoms with Crippen LogP contribution < -0.4 is 10.0 Å². The lowest BCUT2D eigenvalue weighted by Crippen LogP contribution is -2.37. The van der Waals surface area contributed by atoms with Crippen LogP contribution in [-0.4, -0.2) is 31.8 Å². The molecule has 10 heteroatoms. The van der Waals surface area contributed by atoms with Gasteiger partial charge in [-0.15, -0.1) is 0 Å². The van der Waals surface area contributed by atoms with Crippen molar-refractivity contribution >= 4 is 21.6 Å². The van der Waals surface area contributed by atoms with Crippen LogP contribution in [0.4, 0.5) is 10.1 Å². The van der Waals surface area contributed by atoms with Crippen molar-refractivity contribution in [2.45, 2.75) is 23.8 Å². The maximum Gasteiger partial charge on any atom is 0.304 e. The molecule has 1 saturated carbocycles. The van der Waals surface area contributed by atoms with Crippen LogP contribution in [0.3, 0.4) is 0 Å². The van der Waals surface area contributed by atoms with Crippen LogP contribution in [0.1, 0.15) is 12.8 Å². The summed E-state index contributed by atoms with van der Waals surface area (Å²) in [5, 5.41) is 13.0. The molecule has 0 radical (unpaired) electrons. The van der Waals surface area contributed by atoms with Crippen LogP contribution in [-0.2, 0) is 14.8 Å². The lowest BCUT2D eigenvalue weighted by atomic mass is 10.3. The molecule has 1 aromatic rings. The number of amides is 1. The average molecular weight is 317 g/mol. The number of nitrogens with zero attached hydrogens (tertiary/aromatic N) is 1. The molecule has 1 aliphatic carbocycles. The van der Waals surface area contributed by atoms with E-state index in [9.17, 15) is 27.7 Å². The van der Waals surface area contributed by atoms with Gasteiger partial charge < -0.3 is 5.32 Å². The summed E-state index contributed by atoms with van der Waals surface area (Å²) in [6.07, 6.45) is 1.73. The summed E-state index contributed by atoms with van der Waals surface area (Å²) in [5.41, 5.74) is -0.819. The molecule has 0 unspecified atom stereocenters. The number of rotatable bonds is 6. The van der Waals surface area contributed by atoms with Gasteiger partial charge >= 0.3 is 5.69 Å². The van der Waals surface area contributed by atoms with Crippen LogP contribution in [0.2, 0.25) is 0 Å². The van der Waals surface area contributed by atoms with E-state index in [1.54, 1.807) is 0 Å². The molecule has 0 aliphatic heterocycles. The van der Waals surface area contributed by atoms with Crippen LogP contribution in [0.5, 0.6) is 0 Å². The molecule has 114 valence electrons. The summed E-state index contributed by atoms with van der Waals surface area (Å²) in [4.78, 5) is 20.4.